The Morgan fingerprint density at radius 3 is 1.36 bits per heavy atom. The van der Waals surface area contributed by atoms with Crippen LogP contribution in [0.25, 0.3) is 27.8 Å². The molecule has 0 atom stereocenters. The largest absolute Gasteiger partial charge is 0.289 e. The number of hydrogen-bond acceptors (Lipinski definition) is 1. The predicted octanol–water partition coefficient (Wildman–Crippen LogP) is 9.23. The van der Waals surface area contributed by atoms with Crippen LogP contribution in [0, 0.1) is 10.8 Å². The van der Waals surface area contributed by atoms with Crippen molar-refractivity contribution in [2.45, 2.75) is 41.5 Å². The molecule has 0 unspecified atom stereocenters. The molecule has 0 aliphatic heterocycles. The van der Waals surface area contributed by atoms with Crippen LogP contribution in [0.4, 0.5) is 0 Å². The van der Waals surface area contributed by atoms with Crippen LogP contribution in [0.2, 0.25) is 0 Å². The molecule has 0 bridgehead atoms. The van der Waals surface area contributed by atoms with Gasteiger partial charge in [-0.2, -0.15) is 0 Å². The quantitative estimate of drug-likeness (QED) is 0.285. The molecule has 0 N–H and O–H groups in total. The number of allylic oxidation sites excluding steroid dienone is 5. The maximum atomic E-state index is 13.7. The Morgan fingerprint density at radius 1 is 0.528 bits per heavy atom. The van der Waals surface area contributed by atoms with Crippen molar-refractivity contribution >= 4 is 11.4 Å². The minimum absolute atomic E-state index is 0.163. The van der Waals surface area contributed by atoms with E-state index in [2.05, 4.69) is 139 Å². The summed E-state index contributed by atoms with van der Waals surface area (Å²) in [7, 11) is 0. The molecule has 0 saturated heterocycles. The first kappa shape index (κ1) is 24.0. The summed E-state index contributed by atoms with van der Waals surface area (Å²) in [6.07, 6.45) is 4.30. The highest BCUT2D eigenvalue weighted by molar-refractivity contribution is 6.13. The van der Waals surface area contributed by atoms with Crippen molar-refractivity contribution in [3.05, 3.63) is 125 Å². The normalized spacial score (nSPS) is 14.7. The second-order valence-corrected chi connectivity index (χ2v) is 11.8. The zero-order valence-corrected chi connectivity index (χ0v) is 22.1. The Bertz CT molecular complexity index is 1380. The lowest BCUT2D eigenvalue weighted by Gasteiger charge is -2.32. The lowest BCUT2D eigenvalue weighted by Crippen LogP contribution is -2.28. The molecule has 180 valence electrons. The lowest BCUT2D eigenvalue weighted by molar-refractivity contribution is -0.114. The fraction of sp³-hybridized carbons (Fsp3) is 0.229. The van der Waals surface area contributed by atoms with Crippen molar-refractivity contribution in [1.29, 1.82) is 0 Å². The van der Waals surface area contributed by atoms with E-state index in [4.69, 9.17) is 0 Å². The van der Waals surface area contributed by atoms with Gasteiger partial charge in [0.25, 0.3) is 0 Å². The summed E-state index contributed by atoms with van der Waals surface area (Å²) in [6, 6.07) is 30.1. The number of hydrogen-bond donors (Lipinski definition) is 0. The highest BCUT2D eigenvalue weighted by atomic mass is 16.1. The summed E-state index contributed by atoms with van der Waals surface area (Å²) in [5.74, 6) is 0.163. The maximum absolute atomic E-state index is 13.7. The Balaban J connectivity index is 1.91. The van der Waals surface area contributed by atoms with E-state index in [1.165, 1.54) is 39.0 Å². The molecule has 5 aliphatic carbocycles. The zero-order valence-electron chi connectivity index (χ0n) is 22.1. The Kier molecular flexibility index (Phi) is 5.83. The molecule has 0 amide bonds. The Labute approximate surface area is 215 Å². The van der Waals surface area contributed by atoms with Crippen LogP contribution in [0.15, 0.2) is 114 Å². The van der Waals surface area contributed by atoms with Gasteiger partial charge in [0.2, 0.25) is 0 Å². The van der Waals surface area contributed by atoms with E-state index in [0.29, 0.717) is 0 Å². The van der Waals surface area contributed by atoms with Crippen molar-refractivity contribution in [3.63, 3.8) is 0 Å². The topological polar surface area (TPSA) is 17.1 Å². The van der Waals surface area contributed by atoms with Crippen LogP contribution in [0.1, 0.15) is 52.7 Å². The minimum Gasteiger partial charge on any atom is -0.289 e. The molecule has 0 fully saturated rings. The van der Waals surface area contributed by atoms with Gasteiger partial charge in [-0.1, -0.05) is 126 Å². The zero-order chi connectivity index (χ0) is 25.7. The van der Waals surface area contributed by atoms with Gasteiger partial charge in [0.1, 0.15) is 0 Å². The maximum Gasteiger partial charge on any atom is 0.186 e. The third-order valence-corrected chi connectivity index (χ3v) is 7.12. The lowest BCUT2D eigenvalue weighted by atomic mass is 9.71. The van der Waals surface area contributed by atoms with Gasteiger partial charge in [-0.25, -0.2) is 0 Å². The number of Topliss-reactive ketones (excluding diaryl/α,β-unsaturated/α-hetero) is 1. The average molecular weight is 471 g/mol. The van der Waals surface area contributed by atoms with E-state index in [0.717, 1.165) is 16.7 Å². The summed E-state index contributed by atoms with van der Waals surface area (Å²) < 4.78 is 0. The van der Waals surface area contributed by atoms with Gasteiger partial charge >= 0.3 is 0 Å². The molecule has 0 aromatic rings. The predicted molar refractivity (Wildman–Crippen MR) is 152 cm³/mol. The monoisotopic (exact) mass is 470 g/mol. The second-order valence-electron chi connectivity index (χ2n) is 11.8. The van der Waals surface area contributed by atoms with Gasteiger partial charge in [-0.05, 0) is 67.5 Å². The smallest absolute Gasteiger partial charge is 0.186 e. The number of carbonyl (C=O) groups is 1. The third-order valence-electron chi connectivity index (χ3n) is 7.12. The fourth-order valence-corrected chi connectivity index (χ4v) is 5.21. The van der Waals surface area contributed by atoms with Crippen LogP contribution in [-0.2, 0) is 4.79 Å². The minimum atomic E-state index is -0.265. The van der Waals surface area contributed by atoms with E-state index < -0.39 is 0 Å². The van der Waals surface area contributed by atoms with Crippen molar-refractivity contribution in [1.82, 2.24) is 0 Å². The van der Waals surface area contributed by atoms with E-state index in [9.17, 15) is 4.79 Å². The Hall–Kier alpha value is -3.71. The summed E-state index contributed by atoms with van der Waals surface area (Å²) in [4.78, 5) is 13.7. The van der Waals surface area contributed by atoms with Gasteiger partial charge in [0.05, 0.1) is 0 Å². The molecule has 0 heterocycles. The van der Waals surface area contributed by atoms with Gasteiger partial charge in [-0.3, -0.25) is 4.79 Å². The molecule has 0 aromatic carbocycles. The highest BCUT2D eigenvalue weighted by Crippen LogP contribution is 2.46. The van der Waals surface area contributed by atoms with E-state index in [-0.39, 0.29) is 16.6 Å². The van der Waals surface area contributed by atoms with Crippen molar-refractivity contribution in [2.24, 2.45) is 10.8 Å². The van der Waals surface area contributed by atoms with Gasteiger partial charge in [0.15, 0.2) is 5.78 Å². The average Bonchev–Trinajstić information content (AvgIpc) is 3.18. The number of fused-ring (bicyclic) bond motifs is 2. The van der Waals surface area contributed by atoms with Crippen LogP contribution in [-0.4, -0.2) is 5.78 Å². The third kappa shape index (κ3) is 4.24. The highest BCUT2D eigenvalue weighted by Gasteiger charge is 2.35. The molecular formula is C35H34O. The van der Waals surface area contributed by atoms with E-state index >= 15 is 0 Å². The Morgan fingerprint density at radius 2 is 0.944 bits per heavy atom. The molecule has 36 heavy (non-hydrogen) atoms. The number of carbonyl (C=O) groups excluding carboxylic acids is 1. The van der Waals surface area contributed by atoms with Crippen LogP contribution >= 0.6 is 0 Å². The van der Waals surface area contributed by atoms with Gasteiger partial charge < -0.3 is 0 Å². The second kappa shape index (κ2) is 8.75. The summed E-state index contributed by atoms with van der Waals surface area (Å²) in [5.41, 5.74) is 10.7. The first-order valence-corrected chi connectivity index (χ1v) is 12.8. The first-order valence-electron chi connectivity index (χ1n) is 12.8. The summed E-state index contributed by atoms with van der Waals surface area (Å²) in [6.45, 7) is 12.8. The molecule has 0 spiro atoms. The fourth-order valence-electron chi connectivity index (χ4n) is 5.21. The number of ketones is 1. The molecule has 5 aliphatic rings. The van der Waals surface area contributed by atoms with Crippen LogP contribution < -0.4 is 0 Å². The summed E-state index contributed by atoms with van der Waals surface area (Å²) in [5, 5.41) is 0. The molecular weight excluding hydrogens is 436 g/mol. The van der Waals surface area contributed by atoms with Crippen molar-refractivity contribution in [3.8, 4) is 22.3 Å². The van der Waals surface area contributed by atoms with Gasteiger partial charge in [-0.15, -0.1) is 0 Å². The van der Waals surface area contributed by atoms with E-state index in [1.807, 2.05) is 0 Å². The van der Waals surface area contributed by atoms with Crippen molar-refractivity contribution < 1.29 is 4.79 Å². The van der Waals surface area contributed by atoms with Crippen LogP contribution in [0.3, 0.4) is 0 Å². The van der Waals surface area contributed by atoms with Crippen molar-refractivity contribution in [2.75, 3.05) is 0 Å². The SMILES string of the molecule is CC(C)(C)C1=CC(=C(c2ccc3cccccc2-3)c2ccc3cccccc2-3)C=C(C(C)(C)C)C1=O. The molecule has 0 radical (unpaired) electrons. The molecule has 1 nitrogen and oxygen atoms in total. The first-order chi connectivity index (χ1) is 17.1. The molecule has 5 rings (SSSR count). The van der Waals surface area contributed by atoms with E-state index in [1.54, 1.807) is 0 Å². The standard InChI is InChI=1S/C35H34O/c1-34(2,3)30-21-25(22-31(33(30)36)35(4,5)6)32(28-19-17-23-13-9-7-11-15-26(23)28)29-20-18-24-14-10-8-12-16-27(24)29/h7-22H,1-6H3. The van der Waals surface area contributed by atoms with Crippen LogP contribution in [0.5, 0.6) is 0 Å². The number of rotatable bonds is 2. The van der Waals surface area contributed by atoms with Gasteiger partial charge in [0, 0.05) is 11.1 Å². The molecule has 1 heteroatoms. The molecule has 0 aromatic heterocycles. The molecule has 0 saturated carbocycles. The summed E-state index contributed by atoms with van der Waals surface area (Å²) >= 11 is 0.